The van der Waals surface area contributed by atoms with Gasteiger partial charge in [-0.25, -0.2) is 0 Å². The van der Waals surface area contributed by atoms with Gasteiger partial charge in [-0.3, -0.25) is 4.79 Å². The molecule has 13 heavy (non-hydrogen) atoms. The van der Waals surface area contributed by atoms with Crippen LogP contribution in [0.25, 0.3) is 0 Å². The van der Waals surface area contributed by atoms with Crippen molar-refractivity contribution in [1.82, 2.24) is 0 Å². The number of halogens is 1. The highest BCUT2D eigenvalue weighted by molar-refractivity contribution is 9.10. The Hall–Kier alpha value is -0.150. The summed E-state index contributed by atoms with van der Waals surface area (Å²) in [7, 11) is 0. The van der Waals surface area contributed by atoms with Crippen molar-refractivity contribution in [3.63, 3.8) is 0 Å². The van der Waals surface area contributed by atoms with E-state index in [0.717, 1.165) is 22.2 Å². The Morgan fingerprint density at radius 1 is 1.46 bits per heavy atom. The fourth-order valence-corrected chi connectivity index (χ4v) is 3.43. The predicted molar refractivity (Wildman–Crippen MR) is 58.3 cm³/mol. The summed E-state index contributed by atoms with van der Waals surface area (Å²) in [4.78, 5) is 12.8. The summed E-state index contributed by atoms with van der Waals surface area (Å²) < 4.78 is 0.967. The van der Waals surface area contributed by atoms with E-state index in [-0.39, 0.29) is 0 Å². The van der Waals surface area contributed by atoms with Crippen LogP contribution in [-0.4, -0.2) is 5.78 Å². The van der Waals surface area contributed by atoms with Crippen molar-refractivity contribution < 1.29 is 4.79 Å². The first kappa shape index (κ1) is 9.41. The Balaban J connectivity index is 2.17. The van der Waals surface area contributed by atoms with Gasteiger partial charge >= 0.3 is 0 Å². The molecule has 0 spiro atoms. The summed E-state index contributed by atoms with van der Waals surface area (Å²) in [5.74, 6) is 0.648. The minimum absolute atomic E-state index is 0.301. The molecule has 0 unspecified atom stereocenters. The van der Waals surface area contributed by atoms with E-state index in [4.69, 9.17) is 0 Å². The number of ketones is 1. The topological polar surface area (TPSA) is 17.1 Å². The lowest BCUT2D eigenvalue weighted by atomic mass is 10.0. The van der Waals surface area contributed by atoms with E-state index in [1.807, 2.05) is 11.4 Å². The lowest BCUT2D eigenvalue weighted by molar-refractivity contribution is 0.0926. The maximum atomic E-state index is 11.9. The first-order valence-corrected chi connectivity index (χ1v) is 6.23. The SMILES string of the molecule is O=C(c1sccc1Br)C1CCCC1. The number of thiophene rings is 1. The fraction of sp³-hybridized carbons (Fsp3) is 0.500. The van der Waals surface area contributed by atoms with Crippen molar-refractivity contribution in [2.24, 2.45) is 5.92 Å². The number of hydrogen-bond acceptors (Lipinski definition) is 2. The molecule has 1 heterocycles. The van der Waals surface area contributed by atoms with Crippen LogP contribution >= 0.6 is 27.3 Å². The van der Waals surface area contributed by atoms with Crippen molar-refractivity contribution in [1.29, 1.82) is 0 Å². The van der Waals surface area contributed by atoms with Gasteiger partial charge < -0.3 is 0 Å². The molecule has 0 aliphatic heterocycles. The monoisotopic (exact) mass is 258 g/mol. The molecule has 0 amide bonds. The Kier molecular flexibility index (Phi) is 2.84. The Labute approximate surface area is 90.3 Å². The molecule has 1 nitrogen and oxygen atoms in total. The molecule has 1 aromatic heterocycles. The zero-order valence-corrected chi connectivity index (χ0v) is 9.66. The maximum Gasteiger partial charge on any atom is 0.176 e. The van der Waals surface area contributed by atoms with Gasteiger partial charge in [0.25, 0.3) is 0 Å². The normalized spacial score (nSPS) is 17.9. The van der Waals surface area contributed by atoms with Gasteiger partial charge in [0.1, 0.15) is 0 Å². The second kappa shape index (κ2) is 3.93. The van der Waals surface area contributed by atoms with Crippen molar-refractivity contribution >= 4 is 33.0 Å². The smallest absolute Gasteiger partial charge is 0.176 e. The van der Waals surface area contributed by atoms with Crippen molar-refractivity contribution in [2.45, 2.75) is 25.7 Å². The standard InChI is InChI=1S/C10H11BrOS/c11-8-5-6-13-10(8)9(12)7-3-1-2-4-7/h5-7H,1-4H2. The Morgan fingerprint density at radius 3 is 2.69 bits per heavy atom. The highest BCUT2D eigenvalue weighted by Gasteiger charge is 2.25. The van der Waals surface area contributed by atoms with Crippen LogP contribution in [-0.2, 0) is 0 Å². The van der Waals surface area contributed by atoms with Gasteiger partial charge in [-0.05, 0) is 40.2 Å². The molecule has 0 N–H and O–H groups in total. The minimum atomic E-state index is 0.301. The molecular formula is C10H11BrOS. The molecule has 1 fully saturated rings. The predicted octanol–water partition coefficient (Wildman–Crippen LogP) is 3.88. The van der Waals surface area contributed by atoms with Crippen LogP contribution in [0.2, 0.25) is 0 Å². The van der Waals surface area contributed by atoms with Gasteiger partial charge in [-0.15, -0.1) is 11.3 Å². The largest absolute Gasteiger partial charge is 0.293 e. The lowest BCUT2D eigenvalue weighted by Crippen LogP contribution is -2.09. The van der Waals surface area contributed by atoms with Crippen LogP contribution in [0.15, 0.2) is 15.9 Å². The first-order chi connectivity index (χ1) is 6.29. The van der Waals surface area contributed by atoms with E-state index >= 15 is 0 Å². The van der Waals surface area contributed by atoms with Crippen LogP contribution in [0.4, 0.5) is 0 Å². The number of rotatable bonds is 2. The quantitative estimate of drug-likeness (QED) is 0.736. The summed E-state index contributed by atoms with van der Waals surface area (Å²) in [6.07, 6.45) is 4.62. The zero-order valence-electron chi connectivity index (χ0n) is 7.25. The van der Waals surface area contributed by atoms with Crippen molar-refractivity contribution in [3.8, 4) is 0 Å². The summed E-state index contributed by atoms with van der Waals surface area (Å²) in [6.45, 7) is 0. The van der Waals surface area contributed by atoms with Gasteiger partial charge in [-0.1, -0.05) is 12.8 Å². The Morgan fingerprint density at radius 2 is 2.15 bits per heavy atom. The van der Waals surface area contributed by atoms with Crippen LogP contribution in [0.5, 0.6) is 0 Å². The molecule has 2 rings (SSSR count). The van der Waals surface area contributed by atoms with Crippen LogP contribution < -0.4 is 0 Å². The molecule has 3 heteroatoms. The van der Waals surface area contributed by atoms with Gasteiger partial charge in [0.2, 0.25) is 0 Å². The molecule has 70 valence electrons. The third kappa shape index (κ3) is 1.86. The third-order valence-electron chi connectivity index (χ3n) is 2.57. The highest BCUT2D eigenvalue weighted by Crippen LogP contribution is 2.32. The molecule has 1 aliphatic carbocycles. The second-order valence-electron chi connectivity index (χ2n) is 3.44. The van der Waals surface area contributed by atoms with Gasteiger partial charge in [0, 0.05) is 10.4 Å². The van der Waals surface area contributed by atoms with E-state index in [1.165, 1.54) is 12.8 Å². The molecule has 0 atom stereocenters. The molecule has 0 saturated heterocycles. The second-order valence-corrected chi connectivity index (χ2v) is 5.21. The summed E-state index contributed by atoms with van der Waals surface area (Å²) >= 11 is 4.95. The third-order valence-corrected chi connectivity index (χ3v) is 4.42. The number of Topliss-reactive ketones (excluding diaryl/α,β-unsaturated/α-hetero) is 1. The van der Waals surface area contributed by atoms with Gasteiger partial charge in [-0.2, -0.15) is 0 Å². The fourth-order valence-electron chi connectivity index (χ4n) is 1.84. The maximum absolute atomic E-state index is 11.9. The summed E-state index contributed by atoms with van der Waals surface area (Å²) in [5.41, 5.74) is 0. The van der Waals surface area contributed by atoms with E-state index < -0.39 is 0 Å². The van der Waals surface area contributed by atoms with E-state index in [2.05, 4.69) is 15.9 Å². The average Bonchev–Trinajstić information content (AvgIpc) is 2.72. The molecule has 0 bridgehead atoms. The molecule has 1 aliphatic rings. The molecular weight excluding hydrogens is 248 g/mol. The van der Waals surface area contributed by atoms with Gasteiger partial charge in [0.15, 0.2) is 5.78 Å². The number of carbonyl (C=O) groups excluding carboxylic acids is 1. The lowest BCUT2D eigenvalue weighted by Gasteiger charge is -2.05. The van der Waals surface area contributed by atoms with E-state index in [1.54, 1.807) is 11.3 Å². The van der Waals surface area contributed by atoms with E-state index in [0.29, 0.717) is 11.7 Å². The van der Waals surface area contributed by atoms with Gasteiger partial charge in [0.05, 0.1) is 4.88 Å². The average molecular weight is 259 g/mol. The molecule has 0 aromatic carbocycles. The molecule has 1 aromatic rings. The zero-order chi connectivity index (χ0) is 9.26. The van der Waals surface area contributed by atoms with E-state index in [9.17, 15) is 4.79 Å². The van der Waals surface area contributed by atoms with Crippen molar-refractivity contribution in [3.05, 3.63) is 20.8 Å². The van der Waals surface area contributed by atoms with Crippen molar-refractivity contribution in [2.75, 3.05) is 0 Å². The first-order valence-electron chi connectivity index (χ1n) is 4.56. The summed E-state index contributed by atoms with van der Waals surface area (Å²) in [6, 6.07) is 1.95. The number of hydrogen-bond donors (Lipinski definition) is 0. The molecule has 0 radical (unpaired) electrons. The highest BCUT2D eigenvalue weighted by atomic mass is 79.9. The van der Waals surface area contributed by atoms with Crippen LogP contribution in [0, 0.1) is 5.92 Å². The Bertz CT molecular complexity index is 312. The van der Waals surface area contributed by atoms with Crippen LogP contribution in [0.3, 0.4) is 0 Å². The summed E-state index contributed by atoms with van der Waals surface area (Å²) in [5, 5.41) is 1.96. The minimum Gasteiger partial charge on any atom is -0.293 e. The number of carbonyl (C=O) groups is 1. The van der Waals surface area contributed by atoms with Crippen LogP contribution in [0.1, 0.15) is 35.4 Å². The molecule has 1 saturated carbocycles.